The van der Waals surface area contributed by atoms with Crippen molar-refractivity contribution in [2.45, 2.75) is 0 Å². The zero-order valence-electron chi connectivity index (χ0n) is 34.3. The summed E-state index contributed by atoms with van der Waals surface area (Å²) >= 11 is 7.60. The maximum absolute atomic E-state index is 7.60. The Morgan fingerprint density at radius 2 is 0.797 bits per heavy atom. The van der Waals surface area contributed by atoms with Crippen LogP contribution in [0.3, 0.4) is 0 Å². The summed E-state index contributed by atoms with van der Waals surface area (Å²) in [6.07, 6.45) is 0. The fraction of sp³-hybridized carbons (Fsp3) is 0. The molecule has 0 bridgehead atoms. The maximum Gasteiger partial charge on any atom is 0.164 e. The van der Waals surface area contributed by atoms with Crippen molar-refractivity contribution in [1.82, 2.24) is 28.7 Å². The highest BCUT2D eigenvalue weighted by atomic mass is 35.5. The highest BCUT2D eigenvalue weighted by Crippen LogP contribution is 2.44. The summed E-state index contributed by atoms with van der Waals surface area (Å²) < 4.78 is 7.11. The molecule has 9 aromatic carbocycles. The number of para-hydroxylation sites is 4. The van der Waals surface area contributed by atoms with Gasteiger partial charge in [0.25, 0.3) is 0 Å². The standard InChI is InChI=1S/C57H35ClN6/c58-46-34-38(57-60-55(36-16-4-1-5-17-36)59-56(61-57)37-18-6-2-7-19-37)28-31-51(46)64-50-32-29-40(63-47-25-13-10-22-41(47)42-23-11-14-26-48(42)63)35-45(50)43-30-33-52-53(54(43)64)44-24-12-15-27-49(44)62(52)39-20-8-3-9-21-39/h1-35H. The van der Waals surface area contributed by atoms with Crippen LogP contribution in [0.25, 0.3) is 117 Å². The maximum atomic E-state index is 7.60. The second kappa shape index (κ2) is 14.4. The van der Waals surface area contributed by atoms with E-state index in [0.29, 0.717) is 22.5 Å². The normalized spacial score (nSPS) is 11.8. The topological polar surface area (TPSA) is 53.5 Å². The van der Waals surface area contributed by atoms with E-state index < -0.39 is 0 Å². The van der Waals surface area contributed by atoms with Gasteiger partial charge in [-0.2, -0.15) is 0 Å². The van der Waals surface area contributed by atoms with E-state index in [9.17, 15) is 0 Å². The SMILES string of the molecule is Clc1cc(-c2nc(-c3ccccc3)nc(-c3ccccc3)n2)ccc1-n1c2ccc(-n3c4ccccc4c4ccccc43)cc2c2ccc3c(c4ccccc4n3-c3ccccc3)c21. The van der Waals surface area contributed by atoms with Gasteiger partial charge in [-0.15, -0.1) is 0 Å². The summed E-state index contributed by atoms with van der Waals surface area (Å²) in [5.74, 6) is 1.75. The van der Waals surface area contributed by atoms with Crippen LogP contribution in [-0.4, -0.2) is 28.7 Å². The lowest BCUT2D eigenvalue weighted by molar-refractivity contribution is 1.07. The largest absolute Gasteiger partial charge is 0.309 e. The lowest BCUT2D eigenvalue weighted by atomic mass is 10.1. The molecule has 0 aliphatic carbocycles. The van der Waals surface area contributed by atoms with Crippen LogP contribution < -0.4 is 0 Å². The number of benzene rings is 9. The molecule has 13 aromatic rings. The minimum atomic E-state index is 0.549. The van der Waals surface area contributed by atoms with Crippen LogP contribution in [0.5, 0.6) is 0 Å². The summed E-state index contributed by atoms with van der Waals surface area (Å²) in [5.41, 5.74) is 12.4. The Labute approximate surface area is 372 Å². The quantitative estimate of drug-likeness (QED) is 0.168. The number of nitrogens with zero attached hydrogens (tertiary/aromatic N) is 6. The first-order valence-electron chi connectivity index (χ1n) is 21.4. The fourth-order valence-electron chi connectivity index (χ4n) is 9.76. The van der Waals surface area contributed by atoms with Crippen molar-refractivity contribution in [3.05, 3.63) is 217 Å². The first-order valence-corrected chi connectivity index (χ1v) is 21.8. The van der Waals surface area contributed by atoms with E-state index in [0.717, 1.165) is 72.0 Å². The van der Waals surface area contributed by atoms with E-state index in [4.69, 9.17) is 26.6 Å². The molecule has 0 spiro atoms. The number of hydrogen-bond donors (Lipinski definition) is 0. The molecule has 0 saturated carbocycles. The van der Waals surface area contributed by atoms with Gasteiger partial charge in [-0.1, -0.05) is 151 Å². The number of fused-ring (bicyclic) bond motifs is 10. The van der Waals surface area contributed by atoms with Gasteiger partial charge in [0.15, 0.2) is 17.5 Å². The second-order valence-corrected chi connectivity index (χ2v) is 16.6. The van der Waals surface area contributed by atoms with E-state index >= 15 is 0 Å². The van der Waals surface area contributed by atoms with Crippen LogP contribution >= 0.6 is 11.6 Å². The minimum absolute atomic E-state index is 0.549. The Balaban J connectivity index is 1.08. The molecule has 13 rings (SSSR count). The van der Waals surface area contributed by atoms with Crippen molar-refractivity contribution < 1.29 is 0 Å². The first kappa shape index (κ1) is 36.3. The fourth-order valence-corrected chi connectivity index (χ4v) is 10.0. The molecule has 7 heteroatoms. The predicted octanol–water partition coefficient (Wildman–Crippen LogP) is 14.8. The Hall–Kier alpha value is -8.32. The minimum Gasteiger partial charge on any atom is -0.309 e. The summed E-state index contributed by atoms with van der Waals surface area (Å²) in [4.78, 5) is 15.0. The van der Waals surface area contributed by atoms with Crippen molar-refractivity contribution in [3.8, 4) is 51.2 Å². The van der Waals surface area contributed by atoms with Gasteiger partial charge in [0.1, 0.15) is 0 Å². The van der Waals surface area contributed by atoms with Gasteiger partial charge in [0, 0.05) is 60.4 Å². The molecule has 0 amide bonds. The van der Waals surface area contributed by atoms with E-state index in [1.165, 1.54) is 27.2 Å². The molecule has 0 aliphatic rings. The monoisotopic (exact) mass is 838 g/mol. The number of hydrogen-bond acceptors (Lipinski definition) is 3. The van der Waals surface area contributed by atoms with Crippen LogP contribution in [0.2, 0.25) is 5.02 Å². The average Bonchev–Trinajstić information content (AvgIpc) is 4.00. The molecule has 64 heavy (non-hydrogen) atoms. The zero-order valence-corrected chi connectivity index (χ0v) is 35.0. The summed E-state index contributed by atoms with van der Waals surface area (Å²) in [6.45, 7) is 0. The van der Waals surface area contributed by atoms with E-state index in [1.807, 2.05) is 66.7 Å². The van der Waals surface area contributed by atoms with Crippen molar-refractivity contribution in [1.29, 1.82) is 0 Å². The third-order valence-electron chi connectivity index (χ3n) is 12.5. The van der Waals surface area contributed by atoms with Crippen LogP contribution in [0.1, 0.15) is 0 Å². The molecule has 0 radical (unpaired) electrons. The van der Waals surface area contributed by atoms with Gasteiger partial charge in [0.05, 0.1) is 43.8 Å². The third-order valence-corrected chi connectivity index (χ3v) is 12.8. The van der Waals surface area contributed by atoms with Crippen molar-refractivity contribution in [2.24, 2.45) is 0 Å². The Morgan fingerprint density at radius 1 is 0.312 bits per heavy atom. The van der Waals surface area contributed by atoms with Crippen molar-refractivity contribution >= 4 is 77.0 Å². The molecule has 4 heterocycles. The van der Waals surface area contributed by atoms with Crippen LogP contribution in [0.15, 0.2) is 212 Å². The van der Waals surface area contributed by atoms with Gasteiger partial charge in [0.2, 0.25) is 0 Å². The van der Waals surface area contributed by atoms with E-state index in [2.05, 4.69) is 159 Å². The van der Waals surface area contributed by atoms with E-state index in [1.54, 1.807) is 0 Å². The molecule has 0 unspecified atom stereocenters. The first-order chi connectivity index (χ1) is 31.7. The molecular weight excluding hydrogens is 804 g/mol. The van der Waals surface area contributed by atoms with Crippen LogP contribution in [0.4, 0.5) is 0 Å². The second-order valence-electron chi connectivity index (χ2n) is 16.2. The van der Waals surface area contributed by atoms with Crippen molar-refractivity contribution in [3.63, 3.8) is 0 Å². The molecular formula is C57H35ClN6. The smallest absolute Gasteiger partial charge is 0.164 e. The van der Waals surface area contributed by atoms with Crippen LogP contribution in [0, 0.1) is 0 Å². The van der Waals surface area contributed by atoms with Gasteiger partial charge >= 0.3 is 0 Å². The molecule has 0 fully saturated rings. The van der Waals surface area contributed by atoms with Gasteiger partial charge in [-0.05, 0) is 72.8 Å². The Morgan fingerprint density at radius 3 is 1.41 bits per heavy atom. The zero-order chi connectivity index (χ0) is 42.3. The lowest BCUT2D eigenvalue weighted by Crippen LogP contribution is -2.01. The molecule has 6 nitrogen and oxygen atoms in total. The lowest BCUT2D eigenvalue weighted by Gasteiger charge is -2.14. The highest BCUT2D eigenvalue weighted by molar-refractivity contribution is 6.33. The molecule has 300 valence electrons. The number of halogens is 1. The molecule has 0 saturated heterocycles. The summed E-state index contributed by atoms with van der Waals surface area (Å²) in [5, 5.41) is 7.63. The predicted molar refractivity (Wildman–Crippen MR) is 264 cm³/mol. The Bertz CT molecular complexity index is 3850. The molecule has 0 aliphatic heterocycles. The molecule has 0 atom stereocenters. The highest BCUT2D eigenvalue weighted by Gasteiger charge is 2.24. The van der Waals surface area contributed by atoms with E-state index in [-0.39, 0.29) is 0 Å². The number of rotatable bonds is 6. The number of aromatic nitrogens is 6. The van der Waals surface area contributed by atoms with Gasteiger partial charge in [-0.3, -0.25) is 0 Å². The average molecular weight is 839 g/mol. The van der Waals surface area contributed by atoms with Crippen molar-refractivity contribution in [2.75, 3.05) is 0 Å². The third kappa shape index (κ3) is 5.56. The van der Waals surface area contributed by atoms with Gasteiger partial charge < -0.3 is 13.7 Å². The van der Waals surface area contributed by atoms with Crippen LogP contribution in [-0.2, 0) is 0 Å². The molecule has 0 N–H and O–H groups in total. The summed E-state index contributed by atoms with van der Waals surface area (Å²) in [7, 11) is 0. The summed E-state index contributed by atoms with van der Waals surface area (Å²) in [6, 6.07) is 74.3. The Kier molecular flexibility index (Phi) is 8.17. The molecule has 4 aromatic heterocycles. The van der Waals surface area contributed by atoms with Gasteiger partial charge in [-0.25, -0.2) is 15.0 Å².